The fourth-order valence-corrected chi connectivity index (χ4v) is 1.72. The summed E-state index contributed by atoms with van der Waals surface area (Å²) in [5.74, 6) is 0.484. The third-order valence-corrected chi connectivity index (χ3v) is 2.60. The molecule has 0 spiro atoms. The Labute approximate surface area is 99.3 Å². The van der Waals surface area contributed by atoms with Crippen molar-refractivity contribution in [2.75, 3.05) is 0 Å². The monoisotopic (exact) mass is 252 g/mol. The number of fused-ring (bicyclic) bond motifs is 1. The molecule has 0 aliphatic heterocycles. The highest BCUT2D eigenvalue weighted by atomic mass is 19.4. The highest BCUT2D eigenvalue weighted by molar-refractivity contribution is 5.79. The molecule has 0 amide bonds. The van der Waals surface area contributed by atoms with Gasteiger partial charge in [-0.05, 0) is 24.3 Å². The summed E-state index contributed by atoms with van der Waals surface area (Å²) in [4.78, 5) is 7.03. The number of hydrogen-bond acceptors (Lipinski definition) is 2. The fourth-order valence-electron chi connectivity index (χ4n) is 1.72. The molecule has 0 aliphatic carbocycles. The predicted octanol–water partition coefficient (Wildman–Crippen LogP) is 3.84. The molecule has 3 nitrogen and oxygen atoms in total. The fraction of sp³-hybridized carbons (Fsp3) is 0.0833. The molecule has 3 rings (SSSR count). The second-order valence-corrected chi connectivity index (χ2v) is 3.83. The molecular formula is C12H7F3N2O. The van der Waals surface area contributed by atoms with Crippen LogP contribution in [0.4, 0.5) is 13.2 Å². The van der Waals surface area contributed by atoms with Gasteiger partial charge in [0.15, 0.2) is 0 Å². The summed E-state index contributed by atoms with van der Waals surface area (Å²) in [6, 6.07) is 5.09. The molecule has 3 aromatic rings. The molecule has 1 N–H and O–H groups in total. The van der Waals surface area contributed by atoms with Gasteiger partial charge in [0.1, 0.15) is 12.1 Å². The van der Waals surface area contributed by atoms with Gasteiger partial charge in [0.2, 0.25) is 0 Å². The maximum Gasteiger partial charge on any atom is 0.416 e. The molecule has 0 saturated heterocycles. The summed E-state index contributed by atoms with van der Waals surface area (Å²) < 4.78 is 42.5. The molecule has 0 fully saturated rings. The molecule has 18 heavy (non-hydrogen) atoms. The molecule has 1 aromatic carbocycles. The first-order valence-electron chi connectivity index (χ1n) is 5.13. The number of rotatable bonds is 1. The molecule has 0 radical (unpaired) electrons. The van der Waals surface area contributed by atoms with Gasteiger partial charge in [0.25, 0.3) is 0 Å². The minimum Gasteiger partial charge on any atom is -0.472 e. The van der Waals surface area contributed by atoms with Crippen LogP contribution < -0.4 is 0 Å². The SMILES string of the molecule is FC(F)(F)c1ccc2nc(-c3ccoc3)[nH]c2c1. The minimum atomic E-state index is -4.35. The lowest BCUT2D eigenvalue weighted by Gasteiger charge is -2.05. The Hall–Kier alpha value is -2.24. The zero-order valence-corrected chi connectivity index (χ0v) is 8.95. The average molecular weight is 252 g/mol. The van der Waals surface area contributed by atoms with E-state index in [0.29, 0.717) is 22.4 Å². The Morgan fingerprint density at radius 2 is 2.00 bits per heavy atom. The van der Waals surface area contributed by atoms with Crippen LogP contribution >= 0.6 is 0 Å². The smallest absolute Gasteiger partial charge is 0.416 e. The van der Waals surface area contributed by atoms with Crippen molar-refractivity contribution in [3.63, 3.8) is 0 Å². The summed E-state index contributed by atoms with van der Waals surface area (Å²) in [7, 11) is 0. The first-order chi connectivity index (χ1) is 8.54. The zero-order valence-electron chi connectivity index (χ0n) is 8.95. The van der Waals surface area contributed by atoms with Crippen molar-refractivity contribution < 1.29 is 17.6 Å². The van der Waals surface area contributed by atoms with Gasteiger partial charge in [-0.2, -0.15) is 13.2 Å². The first-order valence-corrected chi connectivity index (χ1v) is 5.13. The van der Waals surface area contributed by atoms with Crippen molar-refractivity contribution in [2.24, 2.45) is 0 Å². The molecule has 6 heteroatoms. The van der Waals surface area contributed by atoms with Crippen LogP contribution in [0.3, 0.4) is 0 Å². The Balaban J connectivity index is 2.13. The number of aromatic amines is 1. The van der Waals surface area contributed by atoms with Crippen LogP contribution in [0.15, 0.2) is 41.2 Å². The van der Waals surface area contributed by atoms with Crippen LogP contribution in [-0.2, 0) is 6.18 Å². The van der Waals surface area contributed by atoms with Gasteiger partial charge < -0.3 is 9.40 Å². The highest BCUT2D eigenvalue weighted by Crippen LogP contribution is 2.31. The van der Waals surface area contributed by atoms with Gasteiger partial charge >= 0.3 is 6.18 Å². The number of imidazole rings is 1. The molecule has 0 bridgehead atoms. The summed E-state index contributed by atoms with van der Waals surface area (Å²) in [6.45, 7) is 0. The number of nitrogens with zero attached hydrogens (tertiary/aromatic N) is 1. The maximum absolute atomic E-state index is 12.5. The van der Waals surface area contributed by atoms with Crippen LogP contribution in [0.5, 0.6) is 0 Å². The Bertz CT molecular complexity index is 683. The van der Waals surface area contributed by atoms with Gasteiger partial charge in [-0.1, -0.05) is 0 Å². The Kier molecular flexibility index (Phi) is 2.19. The maximum atomic E-state index is 12.5. The Morgan fingerprint density at radius 1 is 1.17 bits per heavy atom. The van der Waals surface area contributed by atoms with E-state index < -0.39 is 11.7 Å². The largest absolute Gasteiger partial charge is 0.472 e. The third-order valence-electron chi connectivity index (χ3n) is 2.60. The normalized spacial score (nSPS) is 12.2. The first kappa shape index (κ1) is 10.9. The lowest BCUT2D eigenvalue weighted by molar-refractivity contribution is -0.137. The third kappa shape index (κ3) is 1.75. The second kappa shape index (κ2) is 3.63. The van der Waals surface area contributed by atoms with E-state index in [1.165, 1.54) is 18.6 Å². The van der Waals surface area contributed by atoms with E-state index in [1.54, 1.807) is 6.07 Å². The van der Waals surface area contributed by atoms with E-state index in [-0.39, 0.29) is 0 Å². The summed E-state index contributed by atoms with van der Waals surface area (Å²) in [6.07, 6.45) is -1.40. The van der Waals surface area contributed by atoms with Crippen molar-refractivity contribution in [2.45, 2.75) is 6.18 Å². The van der Waals surface area contributed by atoms with E-state index in [9.17, 15) is 13.2 Å². The van der Waals surface area contributed by atoms with E-state index in [2.05, 4.69) is 9.97 Å². The predicted molar refractivity (Wildman–Crippen MR) is 58.8 cm³/mol. The molecule has 2 heterocycles. The van der Waals surface area contributed by atoms with Gasteiger partial charge in [-0.3, -0.25) is 0 Å². The number of nitrogens with one attached hydrogen (secondary N) is 1. The van der Waals surface area contributed by atoms with Gasteiger partial charge in [-0.25, -0.2) is 4.98 Å². The summed E-state index contributed by atoms with van der Waals surface area (Å²) >= 11 is 0. The van der Waals surface area contributed by atoms with Crippen molar-refractivity contribution in [3.8, 4) is 11.4 Å². The molecule has 92 valence electrons. The highest BCUT2D eigenvalue weighted by Gasteiger charge is 2.30. The number of benzene rings is 1. The van der Waals surface area contributed by atoms with Crippen molar-refractivity contribution >= 4 is 11.0 Å². The molecule has 0 aliphatic rings. The molecular weight excluding hydrogens is 245 g/mol. The number of H-pyrrole nitrogens is 1. The van der Waals surface area contributed by atoms with Crippen LogP contribution in [-0.4, -0.2) is 9.97 Å². The molecule has 0 saturated carbocycles. The quantitative estimate of drug-likeness (QED) is 0.714. The minimum absolute atomic E-state index is 0.348. The van der Waals surface area contributed by atoms with Crippen molar-refractivity contribution in [3.05, 3.63) is 42.4 Å². The number of halogens is 3. The number of aromatic nitrogens is 2. The number of furan rings is 1. The van der Waals surface area contributed by atoms with Crippen molar-refractivity contribution in [1.82, 2.24) is 9.97 Å². The van der Waals surface area contributed by atoms with Gasteiger partial charge in [-0.15, -0.1) is 0 Å². The zero-order chi connectivity index (χ0) is 12.8. The number of hydrogen-bond donors (Lipinski definition) is 1. The van der Waals surface area contributed by atoms with Gasteiger partial charge in [0, 0.05) is 0 Å². The number of alkyl halides is 3. The van der Waals surface area contributed by atoms with Gasteiger partial charge in [0.05, 0.1) is 28.4 Å². The van der Waals surface area contributed by atoms with E-state index in [1.807, 2.05) is 0 Å². The average Bonchev–Trinajstić information content (AvgIpc) is 2.95. The van der Waals surface area contributed by atoms with E-state index >= 15 is 0 Å². The lowest BCUT2D eigenvalue weighted by atomic mass is 10.2. The van der Waals surface area contributed by atoms with Crippen LogP contribution in [0.2, 0.25) is 0 Å². The second-order valence-electron chi connectivity index (χ2n) is 3.83. The summed E-state index contributed by atoms with van der Waals surface area (Å²) in [5.41, 5.74) is 0.831. The van der Waals surface area contributed by atoms with E-state index in [4.69, 9.17) is 4.42 Å². The van der Waals surface area contributed by atoms with Crippen LogP contribution in [0.25, 0.3) is 22.4 Å². The van der Waals surface area contributed by atoms with Crippen LogP contribution in [0.1, 0.15) is 5.56 Å². The molecule has 0 atom stereocenters. The standard InChI is InChI=1S/C12H7F3N2O/c13-12(14,15)8-1-2-9-10(5-8)17-11(16-9)7-3-4-18-6-7/h1-6H,(H,16,17). The Morgan fingerprint density at radius 3 is 2.67 bits per heavy atom. The topological polar surface area (TPSA) is 41.8 Å². The summed E-state index contributed by atoms with van der Waals surface area (Å²) in [5, 5.41) is 0. The van der Waals surface area contributed by atoms with Crippen LogP contribution in [0, 0.1) is 0 Å². The van der Waals surface area contributed by atoms with E-state index in [0.717, 1.165) is 12.1 Å². The molecule has 0 unspecified atom stereocenters. The lowest BCUT2D eigenvalue weighted by Crippen LogP contribution is -2.04. The van der Waals surface area contributed by atoms with Crippen molar-refractivity contribution in [1.29, 1.82) is 0 Å². The molecule has 2 aromatic heterocycles.